The van der Waals surface area contributed by atoms with E-state index in [0.717, 1.165) is 18.4 Å². The van der Waals surface area contributed by atoms with E-state index >= 15 is 0 Å². The summed E-state index contributed by atoms with van der Waals surface area (Å²) in [7, 11) is 1.59. The third-order valence-corrected chi connectivity index (χ3v) is 3.22. The zero-order valence-electron chi connectivity index (χ0n) is 10.1. The maximum Gasteiger partial charge on any atom is 0.184 e. The van der Waals surface area contributed by atoms with Crippen LogP contribution >= 0.6 is 0 Å². The van der Waals surface area contributed by atoms with E-state index in [0.29, 0.717) is 0 Å². The molecule has 2 aliphatic rings. The molecule has 1 saturated heterocycles. The summed E-state index contributed by atoms with van der Waals surface area (Å²) >= 11 is 0. The fourth-order valence-electron chi connectivity index (χ4n) is 2.57. The van der Waals surface area contributed by atoms with E-state index in [1.54, 1.807) is 21.0 Å². The largest absolute Gasteiger partial charge is 0.366 e. The highest BCUT2D eigenvalue weighted by atomic mass is 16.7. The van der Waals surface area contributed by atoms with Gasteiger partial charge in [-0.1, -0.05) is 6.58 Å². The van der Waals surface area contributed by atoms with Crippen molar-refractivity contribution < 1.29 is 19.3 Å². The molecular weight excluding hydrogens is 208 g/mol. The molecule has 2 unspecified atom stereocenters. The number of ether oxygens (including phenoxy) is 3. The van der Waals surface area contributed by atoms with Gasteiger partial charge in [-0.15, -0.1) is 0 Å². The number of rotatable bonds is 3. The van der Waals surface area contributed by atoms with Crippen molar-refractivity contribution in [3.8, 4) is 0 Å². The lowest BCUT2D eigenvalue weighted by Crippen LogP contribution is -2.39. The van der Waals surface area contributed by atoms with Crippen molar-refractivity contribution in [1.29, 1.82) is 0 Å². The smallest absolute Gasteiger partial charge is 0.184 e. The molecule has 4 atom stereocenters. The third kappa shape index (κ3) is 2.15. The predicted octanol–water partition coefficient (Wildman–Crippen LogP) is 1.44. The molecule has 1 heterocycles. The summed E-state index contributed by atoms with van der Waals surface area (Å²) in [4.78, 5) is 0. The van der Waals surface area contributed by atoms with Gasteiger partial charge in [0.05, 0.1) is 6.10 Å². The van der Waals surface area contributed by atoms with Gasteiger partial charge in [0.25, 0.3) is 0 Å². The summed E-state index contributed by atoms with van der Waals surface area (Å²) in [6, 6.07) is 0. The van der Waals surface area contributed by atoms with Gasteiger partial charge < -0.3 is 19.3 Å². The Bertz CT molecular complexity index is 281. The van der Waals surface area contributed by atoms with Crippen molar-refractivity contribution in [2.24, 2.45) is 5.92 Å². The van der Waals surface area contributed by atoms with E-state index in [-0.39, 0.29) is 18.1 Å². The number of aliphatic hydroxyl groups is 1. The molecule has 0 bridgehead atoms. The van der Waals surface area contributed by atoms with E-state index < -0.39 is 12.1 Å². The second-order valence-corrected chi connectivity index (χ2v) is 5.05. The van der Waals surface area contributed by atoms with Gasteiger partial charge in [0.2, 0.25) is 0 Å². The van der Waals surface area contributed by atoms with E-state index in [1.165, 1.54) is 0 Å². The summed E-state index contributed by atoms with van der Waals surface area (Å²) in [5, 5.41) is 9.72. The molecule has 4 heteroatoms. The number of hydrogen-bond acceptors (Lipinski definition) is 4. The third-order valence-electron chi connectivity index (χ3n) is 3.22. The molecule has 16 heavy (non-hydrogen) atoms. The lowest BCUT2D eigenvalue weighted by atomic mass is 10.0. The predicted molar refractivity (Wildman–Crippen MR) is 58.7 cm³/mol. The zero-order valence-corrected chi connectivity index (χ0v) is 10.1. The Morgan fingerprint density at radius 3 is 2.75 bits per heavy atom. The first-order chi connectivity index (χ1) is 7.42. The molecule has 92 valence electrons. The molecular formula is C12H20O4. The number of hydrogen-bond donors (Lipinski definition) is 1. The Hall–Kier alpha value is -0.420. The monoisotopic (exact) mass is 228 g/mol. The van der Waals surface area contributed by atoms with Crippen LogP contribution in [0.25, 0.3) is 0 Å². The van der Waals surface area contributed by atoms with Gasteiger partial charge in [-0.2, -0.15) is 0 Å². The Balaban J connectivity index is 2.12. The Morgan fingerprint density at radius 2 is 2.19 bits per heavy atom. The van der Waals surface area contributed by atoms with Crippen molar-refractivity contribution in [3.05, 3.63) is 12.2 Å². The maximum absolute atomic E-state index is 9.72. The van der Waals surface area contributed by atoms with Crippen LogP contribution in [0.3, 0.4) is 0 Å². The fourth-order valence-corrected chi connectivity index (χ4v) is 2.57. The summed E-state index contributed by atoms with van der Waals surface area (Å²) in [5.74, 6) is -0.909. The van der Waals surface area contributed by atoms with Crippen LogP contribution in [0.5, 0.6) is 0 Å². The van der Waals surface area contributed by atoms with Crippen LogP contribution < -0.4 is 0 Å². The van der Waals surface area contributed by atoms with Gasteiger partial charge in [0.1, 0.15) is 6.10 Å². The standard InChI is InChI=1S/C12H20O4/c1-7-5-6-8-9(7)15-11(14-4)10(8)16-12(2,3)13/h8-11,13H,1,5-6H2,2-4H3/t8?,9-,10-,11?/m1/s1. The van der Waals surface area contributed by atoms with E-state index in [4.69, 9.17) is 14.2 Å². The highest BCUT2D eigenvalue weighted by Crippen LogP contribution is 2.44. The molecule has 1 saturated carbocycles. The van der Waals surface area contributed by atoms with E-state index in [9.17, 15) is 5.11 Å². The van der Waals surface area contributed by atoms with Crippen molar-refractivity contribution in [2.45, 2.75) is 51.0 Å². The molecule has 1 aliphatic carbocycles. The molecule has 0 aromatic carbocycles. The van der Waals surface area contributed by atoms with Crippen LogP contribution in [-0.4, -0.2) is 36.5 Å². The molecule has 0 aromatic rings. The second kappa shape index (κ2) is 4.11. The van der Waals surface area contributed by atoms with Gasteiger partial charge in [0, 0.05) is 13.0 Å². The first-order valence-electron chi connectivity index (χ1n) is 5.68. The number of methoxy groups -OCH3 is 1. The number of fused-ring (bicyclic) bond motifs is 1. The quantitative estimate of drug-likeness (QED) is 0.586. The van der Waals surface area contributed by atoms with Gasteiger partial charge in [-0.05, 0) is 32.3 Å². The minimum absolute atomic E-state index is 0.0253. The second-order valence-electron chi connectivity index (χ2n) is 5.05. The molecule has 0 spiro atoms. The molecule has 1 N–H and O–H groups in total. The van der Waals surface area contributed by atoms with Crippen LogP contribution in [-0.2, 0) is 14.2 Å². The first kappa shape index (κ1) is 12.0. The van der Waals surface area contributed by atoms with Crippen molar-refractivity contribution in [1.82, 2.24) is 0 Å². The zero-order chi connectivity index (χ0) is 11.9. The lowest BCUT2D eigenvalue weighted by Gasteiger charge is -2.28. The molecule has 0 radical (unpaired) electrons. The summed E-state index contributed by atoms with van der Waals surface area (Å²) in [5.41, 5.74) is 1.11. The van der Waals surface area contributed by atoms with Crippen molar-refractivity contribution >= 4 is 0 Å². The minimum atomic E-state index is -1.16. The van der Waals surface area contributed by atoms with Gasteiger partial charge in [-0.3, -0.25) is 0 Å². The normalized spacial score (nSPS) is 39.1. The molecule has 4 nitrogen and oxygen atoms in total. The Morgan fingerprint density at radius 1 is 1.50 bits per heavy atom. The molecule has 2 rings (SSSR count). The van der Waals surface area contributed by atoms with E-state index in [2.05, 4.69) is 6.58 Å². The van der Waals surface area contributed by atoms with Gasteiger partial charge in [-0.25, -0.2) is 0 Å². The van der Waals surface area contributed by atoms with Gasteiger partial charge >= 0.3 is 0 Å². The van der Waals surface area contributed by atoms with Crippen LogP contribution in [0.4, 0.5) is 0 Å². The summed E-state index contributed by atoms with van der Waals surface area (Å²) in [6.45, 7) is 7.24. The Labute approximate surface area is 96.2 Å². The molecule has 0 aromatic heterocycles. The molecule has 0 amide bonds. The molecule has 1 aliphatic heterocycles. The molecule has 2 fully saturated rings. The average molecular weight is 228 g/mol. The lowest BCUT2D eigenvalue weighted by molar-refractivity contribution is -0.252. The van der Waals surface area contributed by atoms with Crippen molar-refractivity contribution in [2.75, 3.05) is 7.11 Å². The van der Waals surface area contributed by atoms with Crippen LogP contribution in [0.15, 0.2) is 12.2 Å². The van der Waals surface area contributed by atoms with Crippen molar-refractivity contribution in [3.63, 3.8) is 0 Å². The average Bonchev–Trinajstić information content (AvgIpc) is 2.67. The van der Waals surface area contributed by atoms with E-state index in [1.807, 2.05) is 0 Å². The first-order valence-corrected chi connectivity index (χ1v) is 5.68. The SMILES string of the molecule is C=C1CCC2[C@@H](OC(C)(C)O)C(OC)O[C@H]12. The van der Waals surface area contributed by atoms with Gasteiger partial charge in [0.15, 0.2) is 12.1 Å². The van der Waals surface area contributed by atoms with Crippen LogP contribution in [0.2, 0.25) is 0 Å². The topological polar surface area (TPSA) is 47.9 Å². The summed E-state index contributed by atoms with van der Waals surface area (Å²) < 4.78 is 16.6. The van der Waals surface area contributed by atoms with Crippen LogP contribution in [0, 0.1) is 5.92 Å². The van der Waals surface area contributed by atoms with Crippen LogP contribution in [0.1, 0.15) is 26.7 Å². The highest BCUT2D eigenvalue weighted by Gasteiger charge is 2.50. The fraction of sp³-hybridized carbons (Fsp3) is 0.833. The maximum atomic E-state index is 9.72. The minimum Gasteiger partial charge on any atom is -0.366 e. The summed E-state index contributed by atoms with van der Waals surface area (Å²) in [6.07, 6.45) is 1.37. The Kier molecular flexibility index (Phi) is 3.09. The highest BCUT2D eigenvalue weighted by molar-refractivity contribution is 5.15.